The van der Waals surface area contributed by atoms with Gasteiger partial charge in [-0.2, -0.15) is 0 Å². The summed E-state index contributed by atoms with van der Waals surface area (Å²) in [6.45, 7) is 3.63. The van der Waals surface area contributed by atoms with Crippen molar-refractivity contribution in [3.63, 3.8) is 0 Å². The van der Waals surface area contributed by atoms with Gasteiger partial charge in [-0.05, 0) is 31.7 Å². The van der Waals surface area contributed by atoms with E-state index in [0.29, 0.717) is 5.92 Å². The molecule has 1 aliphatic rings. The Balaban J connectivity index is 2.03. The minimum Gasteiger partial charge on any atom is -0.469 e. The zero-order chi connectivity index (χ0) is 9.97. The molecule has 3 heteroatoms. The SMILES string of the molecule is Cc1cc(C(N)C2CCOCC2)co1. The number of furan rings is 1. The molecule has 0 bridgehead atoms. The van der Waals surface area contributed by atoms with Crippen molar-refractivity contribution in [3.05, 3.63) is 23.7 Å². The van der Waals surface area contributed by atoms with Gasteiger partial charge < -0.3 is 14.9 Å². The molecule has 0 amide bonds. The summed E-state index contributed by atoms with van der Waals surface area (Å²) in [5, 5.41) is 0. The van der Waals surface area contributed by atoms with Crippen LogP contribution in [0.3, 0.4) is 0 Å². The molecular weight excluding hydrogens is 178 g/mol. The van der Waals surface area contributed by atoms with E-state index in [2.05, 4.69) is 0 Å². The van der Waals surface area contributed by atoms with E-state index in [0.717, 1.165) is 37.4 Å². The molecular formula is C11H17NO2. The molecule has 0 aromatic carbocycles. The predicted octanol–water partition coefficient (Wildman–Crippen LogP) is 2.01. The lowest BCUT2D eigenvalue weighted by Gasteiger charge is -2.26. The van der Waals surface area contributed by atoms with Gasteiger partial charge in [0, 0.05) is 24.8 Å². The molecule has 1 aromatic rings. The second-order valence-corrected chi connectivity index (χ2v) is 3.97. The lowest BCUT2D eigenvalue weighted by Crippen LogP contribution is -2.27. The van der Waals surface area contributed by atoms with Gasteiger partial charge in [-0.1, -0.05) is 0 Å². The fraction of sp³-hybridized carbons (Fsp3) is 0.636. The lowest BCUT2D eigenvalue weighted by molar-refractivity contribution is 0.0583. The highest BCUT2D eigenvalue weighted by Gasteiger charge is 2.23. The van der Waals surface area contributed by atoms with E-state index in [4.69, 9.17) is 14.9 Å². The predicted molar refractivity (Wildman–Crippen MR) is 53.9 cm³/mol. The van der Waals surface area contributed by atoms with Crippen molar-refractivity contribution < 1.29 is 9.15 Å². The first-order valence-electron chi connectivity index (χ1n) is 5.16. The van der Waals surface area contributed by atoms with Crippen LogP contribution in [-0.2, 0) is 4.74 Å². The van der Waals surface area contributed by atoms with Crippen molar-refractivity contribution in [2.24, 2.45) is 11.7 Å². The van der Waals surface area contributed by atoms with Crippen molar-refractivity contribution in [3.8, 4) is 0 Å². The average molecular weight is 195 g/mol. The van der Waals surface area contributed by atoms with E-state index in [1.165, 1.54) is 0 Å². The molecule has 0 spiro atoms. The van der Waals surface area contributed by atoms with Crippen LogP contribution in [0.25, 0.3) is 0 Å². The van der Waals surface area contributed by atoms with Gasteiger partial charge in [0.05, 0.1) is 6.26 Å². The van der Waals surface area contributed by atoms with Crippen LogP contribution in [0.4, 0.5) is 0 Å². The van der Waals surface area contributed by atoms with Crippen LogP contribution in [0.15, 0.2) is 16.7 Å². The molecule has 2 rings (SSSR count). The van der Waals surface area contributed by atoms with Gasteiger partial charge in [-0.15, -0.1) is 0 Å². The van der Waals surface area contributed by atoms with Crippen molar-refractivity contribution in [2.45, 2.75) is 25.8 Å². The molecule has 1 atom stereocenters. The molecule has 1 fully saturated rings. The third-order valence-corrected chi connectivity index (χ3v) is 2.91. The summed E-state index contributed by atoms with van der Waals surface area (Å²) in [5.41, 5.74) is 7.29. The van der Waals surface area contributed by atoms with Crippen LogP contribution in [0.1, 0.15) is 30.2 Å². The number of ether oxygens (including phenoxy) is 1. The summed E-state index contributed by atoms with van der Waals surface area (Å²) in [5.74, 6) is 1.48. The smallest absolute Gasteiger partial charge is 0.101 e. The van der Waals surface area contributed by atoms with E-state index in [-0.39, 0.29) is 6.04 Å². The number of nitrogens with two attached hydrogens (primary N) is 1. The van der Waals surface area contributed by atoms with Gasteiger partial charge in [-0.3, -0.25) is 0 Å². The fourth-order valence-corrected chi connectivity index (χ4v) is 1.99. The molecule has 1 unspecified atom stereocenters. The third-order valence-electron chi connectivity index (χ3n) is 2.91. The van der Waals surface area contributed by atoms with Gasteiger partial charge in [0.2, 0.25) is 0 Å². The van der Waals surface area contributed by atoms with Crippen molar-refractivity contribution in [2.75, 3.05) is 13.2 Å². The van der Waals surface area contributed by atoms with Gasteiger partial charge in [0.25, 0.3) is 0 Å². The minimum atomic E-state index is 0.108. The number of aryl methyl sites for hydroxylation is 1. The topological polar surface area (TPSA) is 48.4 Å². The van der Waals surface area contributed by atoms with Crippen molar-refractivity contribution >= 4 is 0 Å². The Labute approximate surface area is 84.2 Å². The first-order chi connectivity index (χ1) is 6.77. The van der Waals surface area contributed by atoms with Gasteiger partial charge in [0.1, 0.15) is 5.76 Å². The summed E-state index contributed by atoms with van der Waals surface area (Å²) < 4.78 is 10.6. The van der Waals surface area contributed by atoms with Crippen LogP contribution < -0.4 is 5.73 Å². The fourth-order valence-electron chi connectivity index (χ4n) is 1.99. The van der Waals surface area contributed by atoms with Crippen LogP contribution in [0.5, 0.6) is 0 Å². The van der Waals surface area contributed by atoms with Crippen LogP contribution in [0, 0.1) is 12.8 Å². The Morgan fingerprint density at radius 2 is 2.14 bits per heavy atom. The van der Waals surface area contributed by atoms with E-state index in [1.807, 2.05) is 13.0 Å². The maximum atomic E-state index is 6.17. The molecule has 0 aliphatic carbocycles. The summed E-state index contributed by atoms with van der Waals surface area (Å²) in [7, 11) is 0. The summed E-state index contributed by atoms with van der Waals surface area (Å²) in [6.07, 6.45) is 3.90. The maximum Gasteiger partial charge on any atom is 0.101 e. The number of rotatable bonds is 2. The van der Waals surface area contributed by atoms with Crippen LogP contribution in [-0.4, -0.2) is 13.2 Å². The molecule has 1 saturated heterocycles. The van der Waals surface area contributed by atoms with E-state index < -0.39 is 0 Å². The first-order valence-corrected chi connectivity index (χ1v) is 5.16. The Bertz CT molecular complexity index is 289. The lowest BCUT2D eigenvalue weighted by atomic mass is 9.89. The van der Waals surface area contributed by atoms with Crippen LogP contribution in [0.2, 0.25) is 0 Å². The Morgan fingerprint density at radius 1 is 1.43 bits per heavy atom. The maximum absolute atomic E-state index is 6.17. The highest BCUT2D eigenvalue weighted by molar-refractivity contribution is 5.16. The molecule has 0 saturated carbocycles. The third kappa shape index (κ3) is 1.99. The largest absolute Gasteiger partial charge is 0.469 e. The zero-order valence-corrected chi connectivity index (χ0v) is 8.53. The molecule has 78 valence electrons. The molecule has 3 nitrogen and oxygen atoms in total. The van der Waals surface area contributed by atoms with Gasteiger partial charge in [0.15, 0.2) is 0 Å². The van der Waals surface area contributed by atoms with E-state index >= 15 is 0 Å². The molecule has 2 heterocycles. The summed E-state index contributed by atoms with van der Waals surface area (Å²) >= 11 is 0. The highest BCUT2D eigenvalue weighted by Crippen LogP contribution is 2.28. The van der Waals surface area contributed by atoms with Crippen molar-refractivity contribution in [1.29, 1.82) is 0 Å². The Hall–Kier alpha value is -0.800. The minimum absolute atomic E-state index is 0.108. The molecule has 1 aliphatic heterocycles. The molecule has 0 radical (unpaired) electrons. The van der Waals surface area contributed by atoms with E-state index in [1.54, 1.807) is 6.26 Å². The highest BCUT2D eigenvalue weighted by atomic mass is 16.5. The zero-order valence-electron chi connectivity index (χ0n) is 8.53. The second kappa shape index (κ2) is 4.15. The van der Waals surface area contributed by atoms with Crippen molar-refractivity contribution in [1.82, 2.24) is 0 Å². The quantitative estimate of drug-likeness (QED) is 0.785. The molecule has 2 N–H and O–H groups in total. The van der Waals surface area contributed by atoms with Gasteiger partial charge in [-0.25, -0.2) is 0 Å². The molecule has 14 heavy (non-hydrogen) atoms. The standard InChI is InChI=1S/C11H17NO2/c1-8-6-10(7-14-8)11(12)9-2-4-13-5-3-9/h6-7,9,11H,2-5,12H2,1H3. The number of hydrogen-bond donors (Lipinski definition) is 1. The van der Waals surface area contributed by atoms with Gasteiger partial charge >= 0.3 is 0 Å². The summed E-state index contributed by atoms with van der Waals surface area (Å²) in [6, 6.07) is 2.14. The average Bonchev–Trinajstić information content (AvgIpc) is 2.65. The molecule has 1 aromatic heterocycles. The number of hydrogen-bond acceptors (Lipinski definition) is 3. The normalized spacial score (nSPS) is 21.0. The Kier molecular flexibility index (Phi) is 2.89. The monoisotopic (exact) mass is 195 g/mol. The van der Waals surface area contributed by atoms with Crippen LogP contribution >= 0.6 is 0 Å². The first kappa shape index (κ1) is 9.74. The van der Waals surface area contributed by atoms with E-state index in [9.17, 15) is 0 Å². The second-order valence-electron chi connectivity index (χ2n) is 3.97. The summed E-state index contributed by atoms with van der Waals surface area (Å²) in [4.78, 5) is 0. The Morgan fingerprint density at radius 3 is 2.71 bits per heavy atom.